The van der Waals surface area contributed by atoms with Crippen LogP contribution in [0.15, 0.2) is 36.4 Å². The highest BCUT2D eigenvalue weighted by Crippen LogP contribution is 2.32. The average Bonchev–Trinajstić information content (AvgIpc) is 3.12. The Balaban J connectivity index is 1.75. The lowest BCUT2D eigenvalue weighted by Gasteiger charge is -2.29. The van der Waals surface area contributed by atoms with E-state index in [-0.39, 0.29) is 11.9 Å². The van der Waals surface area contributed by atoms with Crippen LogP contribution in [0.1, 0.15) is 23.6 Å². The smallest absolute Gasteiger partial charge is 0.244 e. The van der Waals surface area contributed by atoms with Crippen LogP contribution in [0.25, 0.3) is 0 Å². The summed E-state index contributed by atoms with van der Waals surface area (Å²) in [7, 11) is 5.26. The largest absolute Gasteiger partial charge is 0.493 e. The molecule has 1 heterocycles. The van der Waals surface area contributed by atoms with E-state index in [1.54, 1.807) is 14.2 Å². The van der Waals surface area contributed by atoms with Gasteiger partial charge >= 0.3 is 0 Å². The van der Waals surface area contributed by atoms with Crippen molar-refractivity contribution in [2.75, 3.05) is 32.7 Å². The number of para-hydroxylation sites is 1. The van der Waals surface area contributed by atoms with Crippen molar-refractivity contribution < 1.29 is 14.3 Å². The number of methoxy groups -OCH3 is 2. The lowest BCUT2D eigenvalue weighted by atomic mass is 10.1. The standard InChI is InChI=1S/C22H28N2O3/c1-15-12-20(26-4)21(27-5)13-18(15)14-23(3)16(2)22(25)24-11-10-17-8-6-7-9-19(17)24/h6-9,12-13,16H,10-11,14H2,1-5H3/t16-/m1/s1. The number of hydrogen-bond acceptors (Lipinski definition) is 4. The Kier molecular flexibility index (Phi) is 5.71. The maximum Gasteiger partial charge on any atom is 0.244 e. The van der Waals surface area contributed by atoms with Crippen LogP contribution < -0.4 is 14.4 Å². The van der Waals surface area contributed by atoms with Crippen LogP contribution >= 0.6 is 0 Å². The lowest BCUT2D eigenvalue weighted by molar-refractivity contribution is -0.122. The van der Waals surface area contributed by atoms with Gasteiger partial charge in [0, 0.05) is 18.8 Å². The van der Waals surface area contributed by atoms with Gasteiger partial charge in [0.1, 0.15) is 0 Å². The number of rotatable bonds is 6. The number of amides is 1. The summed E-state index contributed by atoms with van der Waals surface area (Å²) in [5.41, 5.74) is 4.53. The molecule has 27 heavy (non-hydrogen) atoms. The Labute approximate surface area is 161 Å². The SMILES string of the molecule is COc1cc(C)c(CN(C)[C@H](C)C(=O)N2CCc3ccccc32)cc1OC. The summed E-state index contributed by atoms with van der Waals surface area (Å²) in [4.78, 5) is 17.1. The third kappa shape index (κ3) is 3.78. The highest BCUT2D eigenvalue weighted by Gasteiger charge is 2.29. The summed E-state index contributed by atoms with van der Waals surface area (Å²) in [6.07, 6.45) is 0.924. The second kappa shape index (κ2) is 8.01. The Morgan fingerprint density at radius 1 is 1.19 bits per heavy atom. The molecule has 2 aromatic carbocycles. The molecule has 0 bridgehead atoms. The predicted molar refractivity (Wildman–Crippen MR) is 108 cm³/mol. The normalized spacial score (nSPS) is 14.2. The quantitative estimate of drug-likeness (QED) is 0.783. The third-order valence-electron chi connectivity index (χ3n) is 5.43. The number of carbonyl (C=O) groups is 1. The first kappa shape index (κ1) is 19.2. The van der Waals surface area contributed by atoms with Crippen LogP contribution in [0.4, 0.5) is 5.69 Å². The van der Waals surface area contributed by atoms with Crippen LogP contribution in [0, 0.1) is 6.92 Å². The Morgan fingerprint density at radius 2 is 1.85 bits per heavy atom. The van der Waals surface area contributed by atoms with Crippen molar-refractivity contribution in [3.05, 3.63) is 53.1 Å². The molecular weight excluding hydrogens is 340 g/mol. The highest BCUT2D eigenvalue weighted by atomic mass is 16.5. The van der Waals surface area contributed by atoms with Crippen molar-refractivity contribution in [3.8, 4) is 11.5 Å². The van der Waals surface area contributed by atoms with Gasteiger partial charge < -0.3 is 14.4 Å². The van der Waals surface area contributed by atoms with Crippen molar-refractivity contribution in [1.82, 2.24) is 4.90 Å². The van der Waals surface area contributed by atoms with Crippen molar-refractivity contribution in [2.45, 2.75) is 32.9 Å². The molecule has 0 fully saturated rings. The zero-order valence-corrected chi connectivity index (χ0v) is 16.8. The molecule has 1 atom stereocenters. The fraction of sp³-hybridized carbons (Fsp3) is 0.409. The number of fused-ring (bicyclic) bond motifs is 1. The number of carbonyl (C=O) groups excluding carboxylic acids is 1. The first-order chi connectivity index (χ1) is 13.0. The fourth-order valence-corrected chi connectivity index (χ4v) is 3.58. The summed E-state index contributed by atoms with van der Waals surface area (Å²) in [6, 6.07) is 11.9. The molecule has 1 aliphatic rings. The van der Waals surface area contributed by atoms with E-state index in [0.717, 1.165) is 35.5 Å². The highest BCUT2D eigenvalue weighted by molar-refractivity contribution is 5.98. The number of nitrogens with zero attached hydrogens (tertiary/aromatic N) is 2. The maximum absolute atomic E-state index is 13.1. The third-order valence-corrected chi connectivity index (χ3v) is 5.43. The molecule has 1 amide bonds. The number of benzene rings is 2. The number of ether oxygens (including phenoxy) is 2. The second-order valence-corrected chi connectivity index (χ2v) is 7.09. The van der Waals surface area contributed by atoms with Gasteiger partial charge in [-0.05, 0) is 62.2 Å². The van der Waals surface area contributed by atoms with E-state index in [0.29, 0.717) is 12.3 Å². The molecule has 144 valence electrons. The number of likely N-dealkylation sites (N-methyl/N-ethyl adjacent to an activating group) is 1. The molecule has 0 saturated carbocycles. The van der Waals surface area contributed by atoms with Crippen molar-refractivity contribution in [3.63, 3.8) is 0 Å². The van der Waals surface area contributed by atoms with E-state index in [1.165, 1.54) is 5.56 Å². The molecule has 0 saturated heterocycles. The average molecular weight is 368 g/mol. The minimum Gasteiger partial charge on any atom is -0.493 e. The van der Waals surface area contributed by atoms with Gasteiger partial charge in [0.05, 0.1) is 20.3 Å². The van der Waals surface area contributed by atoms with Crippen LogP contribution in [-0.2, 0) is 17.8 Å². The van der Waals surface area contributed by atoms with Gasteiger partial charge in [0.15, 0.2) is 11.5 Å². The minimum absolute atomic E-state index is 0.139. The predicted octanol–water partition coefficient (Wildman–Crippen LogP) is 3.42. The summed E-state index contributed by atoms with van der Waals surface area (Å²) in [6.45, 7) is 5.44. The van der Waals surface area contributed by atoms with Crippen molar-refractivity contribution >= 4 is 11.6 Å². The lowest BCUT2D eigenvalue weighted by Crippen LogP contribution is -2.45. The number of aryl methyl sites for hydroxylation is 1. The Bertz CT molecular complexity index is 834. The number of anilines is 1. The van der Waals surface area contributed by atoms with Gasteiger partial charge in [-0.2, -0.15) is 0 Å². The first-order valence-electron chi connectivity index (χ1n) is 9.27. The molecule has 1 aliphatic heterocycles. The Morgan fingerprint density at radius 3 is 2.56 bits per heavy atom. The summed E-state index contributed by atoms with van der Waals surface area (Å²) < 4.78 is 10.8. The molecule has 2 aromatic rings. The molecule has 0 spiro atoms. The molecule has 5 heteroatoms. The first-order valence-corrected chi connectivity index (χ1v) is 9.27. The topological polar surface area (TPSA) is 42.0 Å². The summed E-state index contributed by atoms with van der Waals surface area (Å²) in [5.74, 6) is 1.57. The van der Waals surface area contributed by atoms with E-state index in [1.807, 2.05) is 56.1 Å². The van der Waals surface area contributed by atoms with Gasteiger partial charge in [-0.25, -0.2) is 0 Å². The van der Waals surface area contributed by atoms with Crippen molar-refractivity contribution in [2.24, 2.45) is 0 Å². The van der Waals surface area contributed by atoms with E-state index in [9.17, 15) is 4.79 Å². The molecule has 0 aliphatic carbocycles. The molecule has 5 nitrogen and oxygen atoms in total. The van der Waals surface area contributed by atoms with Crippen molar-refractivity contribution in [1.29, 1.82) is 0 Å². The van der Waals surface area contributed by atoms with Gasteiger partial charge in [-0.15, -0.1) is 0 Å². The monoisotopic (exact) mass is 368 g/mol. The van der Waals surface area contributed by atoms with Crippen LogP contribution in [-0.4, -0.2) is 44.7 Å². The van der Waals surface area contributed by atoms with Crippen LogP contribution in [0.2, 0.25) is 0 Å². The second-order valence-electron chi connectivity index (χ2n) is 7.09. The van der Waals surface area contributed by atoms with E-state index in [2.05, 4.69) is 11.0 Å². The fourth-order valence-electron chi connectivity index (χ4n) is 3.58. The summed E-state index contributed by atoms with van der Waals surface area (Å²) in [5, 5.41) is 0. The molecule has 0 unspecified atom stereocenters. The molecular formula is C22H28N2O3. The maximum atomic E-state index is 13.1. The Hall–Kier alpha value is -2.53. The van der Waals surface area contributed by atoms with Crippen LogP contribution in [0.3, 0.4) is 0 Å². The zero-order valence-electron chi connectivity index (χ0n) is 16.8. The van der Waals surface area contributed by atoms with Crippen LogP contribution in [0.5, 0.6) is 11.5 Å². The van der Waals surface area contributed by atoms with Gasteiger partial charge in [-0.1, -0.05) is 18.2 Å². The molecule has 3 rings (SSSR count). The molecule has 0 aromatic heterocycles. The molecule has 0 radical (unpaired) electrons. The van der Waals surface area contributed by atoms with Gasteiger partial charge in [0.25, 0.3) is 0 Å². The zero-order chi connectivity index (χ0) is 19.6. The van der Waals surface area contributed by atoms with E-state index < -0.39 is 0 Å². The molecule has 0 N–H and O–H groups in total. The summed E-state index contributed by atoms with van der Waals surface area (Å²) >= 11 is 0. The number of hydrogen-bond donors (Lipinski definition) is 0. The minimum atomic E-state index is -0.219. The van der Waals surface area contributed by atoms with Gasteiger partial charge in [-0.3, -0.25) is 9.69 Å². The van der Waals surface area contributed by atoms with Gasteiger partial charge in [0.2, 0.25) is 5.91 Å². The van der Waals surface area contributed by atoms with E-state index in [4.69, 9.17) is 9.47 Å². The van der Waals surface area contributed by atoms with E-state index >= 15 is 0 Å².